The van der Waals surface area contributed by atoms with Crippen molar-refractivity contribution in [3.05, 3.63) is 66.1 Å². The zero-order chi connectivity index (χ0) is 20.6. The number of nitrogens with one attached hydrogen (secondary N) is 2. The Morgan fingerprint density at radius 1 is 1.00 bits per heavy atom. The van der Waals surface area contributed by atoms with Gasteiger partial charge < -0.3 is 19.9 Å². The van der Waals surface area contributed by atoms with E-state index < -0.39 is 23.4 Å². The van der Waals surface area contributed by atoms with Gasteiger partial charge in [-0.15, -0.1) is 0 Å². The van der Waals surface area contributed by atoms with Gasteiger partial charge in [-0.3, -0.25) is 9.59 Å². The quantitative estimate of drug-likeness (QED) is 0.558. The van der Waals surface area contributed by atoms with E-state index in [0.717, 1.165) is 0 Å². The minimum absolute atomic E-state index is 0.0421. The van der Waals surface area contributed by atoms with Crippen LogP contribution < -0.4 is 15.4 Å². The lowest BCUT2D eigenvalue weighted by molar-refractivity contribution is -0.123. The number of aromatic nitrogens is 2. The third kappa shape index (κ3) is 5.58. The monoisotopic (exact) mass is 402 g/mol. The fraction of sp³-hybridized carbons (Fsp3) is 0.158. The summed E-state index contributed by atoms with van der Waals surface area (Å²) in [6.45, 7) is -0.0283. The predicted octanol–water partition coefficient (Wildman–Crippen LogP) is 1.94. The Balaban J connectivity index is 1.39. The van der Waals surface area contributed by atoms with Crippen molar-refractivity contribution in [3.63, 3.8) is 0 Å². The van der Waals surface area contributed by atoms with Gasteiger partial charge in [0, 0.05) is 13.1 Å². The van der Waals surface area contributed by atoms with Crippen LogP contribution in [0.2, 0.25) is 0 Å². The number of carbonyl (C=O) groups is 2. The summed E-state index contributed by atoms with van der Waals surface area (Å²) in [6.07, 6.45) is 0. The summed E-state index contributed by atoms with van der Waals surface area (Å²) in [5.41, 5.74) is 0.115. The smallest absolute Gasteiger partial charge is 0.316 e. The molecule has 3 rings (SSSR count). The number of benzene rings is 2. The molecule has 3 aromatic rings. The van der Waals surface area contributed by atoms with E-state index in [0.29, 0.717) is 5.75 Å². The van der Waals surface area contributed by atoms with Crippen LogP contribution in [0.1, 0.15) is 10.7 Å². The molecule has 2 aromatic carbocycles. The Morgan fingerprint density at radius 2 is 1.72 bits per heavy atom. The molecule has 0 saturated carbocycles. The van der Waals surface area contributed by atoms with Gasteiger partial charge in [0.2, 0.25) is 5.82 Å². The fourth-order valence-corrected chi connectivity index (χ4v) is 2.25. The van der Waals surface area contributed by atoms with Crippen molar-refractivity contribution in [1.29, 1.82) is 0 Å². The summed E-state index contributed by atoms with van der Waals surface area (Å²) in [6, 6.07) is 11.1. The number of nitrogens with zero attached hydrogens (tertiary/aromatic N) is 2. The van der Waals surface area contributed by atoms with Gasteiger partial charge in [0.1, 0.15) is 17.4 Å². The molecular weight excluding hydrogens is 386 g/mol. The molecule has 10 heteroatoms. The fourth-order valence-electron chi connectivity index (χ4n) is 2.25. The van der Waals surface area contributed by atoms with Crippen LogP contribution in [0.5, 0.6) is 5.75 Å². The summed E-state index contributed by atoms with van der Waals surface area (Å²) in [4.78, 5) is 27.5. The largest absolute Gasteiger partial charge is 0.484 e. The Morgan fingerprint density at radius 3 is 2.48 bits per heavy atom. The minimum atomic E-state index is -0.656. The van der Waals surface area contributed by atoms with Gasteiger partial charge in [-0.1, -0.05) is 17.3 Å². The highest BCUT2D eigenvalue weighted by atomic mass is 19.1. The van der Waals surface area contributed by atoms with Crippen LogP contribution >= 0.6 is 0 Å². The third-order valence-electron chi connectivity index (χ3n) is 3.65. The second kappa shape index (κ2) is 9.40. The van der Waals surface area contributed by atoms with Gasteiger partial charge >= 0.3 is 11.8 Å². The Labute approximate surface area is 163 Å². The normalized spacial score (nSPS) is 10.4. The number of rotatable bonds is 8. The molecule has 8 nitrogen and oxygen atoms in total. The van der Waals surface area contributed by atoms with Gasteiger partial charge in [0.15, 0.2) is 6.61 Å². The molecule has 0 aliphatic carbocycles. The maximum absolute atomic E-state index is 13.7. The first-order valence-electron chi connectivity index (χ1n) is 8.55. The molecule has 29 heavy (non-hydrogen) atoms. The number of amides is 2. The minimum Gasteiger partial charge on any atom is -0.484 e. The maximum Gasteiger partial charge on any atom is 0.316 e. The van der Waals surface area contributed by atoms with E-state index in [1.165, 1.54) is 42.5 Å². The molecule has 1 aromatic heterocycles. The second-order valence-electron chi connectivity index (χ2n) is 5.75. The van der Waals surface area contributed by atoms with Crippen LogP contribution in [0.3, 0.4) is 0 Å². The van der Waals surface area contributed by atoms with E-state index in [1.54, 1.807) is 6.07 Å². The molecular formula is C19H16F2N4O4. The molecule has 150 valence electrons. The summed E-state index contributed by atoms with van der Waals surface area (Å²) in [7, 11) is 0. The summed E-state index contributed by atoms with van der Waals surface area (Å²) >= 11 is 0. The summed E-state index contributed by atoms with van der Waals surface area (Å²) in [5.74, 6) is -2.02. The lowest BCUT2D eigenvalue weighted by Crippen LogP contribution is -2.36. The molecule has 0 saturated heterocycles. The van der Waals surface area contributed by atoms with E-state index in [-0.39, 0.29) is 37.0 Å². The molecule has 0 aliphatic heterocycles. The Bertz CT molecular complexity index is 992. The lowest BCUT2D eigenvalue weighted by Gasteiger charge is -2.07. The van der Waals surface area contributed by atoms with Crippen LogP contribution in [0, 0.1) is 11.6 Å². The highest BCUT2D eigenvalue weighted by Crippen LogP contribution is 2.19. The van der Waals surface area contributed by atoms with Crippen molar-refractivity contribution in [1.82, 2.24) is 20.8 Å². The Hall–Kier alpha value is -3.82. The zero-order valence-corrected chi connectivity index (χ0v) is 15.0. The topological polar surface area (TPSA) is 106 Å². The van der Waals surface area contributed by atoms with Crippen molar-refractivity contribution in [3.8, 4) is 17.1 Å². The number of hydrogen-bond donors (Lipinski definition) is 2. The lowest BCUT2D eigenvalue weighted by atomic mass is 10.2. The first-order chi connectivity index (χ1) is 14.0. The first kappa shape index (κ1) is 19.9. The van der Waals surface area contributed by atoms with Crippen molar-refractivity contribution in [2.45, 2.75) is 0 Å². The zero-order valence-electron chi connectivity index (χ0n) is 15.0. The van der Waals surface area contributed by atoms with Crippen molar-refractivity contribution in [2.24, 2.45) is 0 Å². The van der Waals surface area contributed by atoms with Crippen LogP contribution in [-0.4, -0.2) is 41.7 Å². The molecule has 0 aliphatic rings. The van der Waals surface area contributed by atoms with Crippen molar-refractivity contribution in [2.75, 3.05) is 19.7 Å². The highest BCUT2D eigenvalue weighted by Gasteiger charge is 2.17. The second-order valence-corrected chi connectivity index (χ2v) is 5.75. The van der Waals surface area contributed by atoms with Crippen LogP contribution in [-0.2, 0) is 4.79 Å². The van der Waals surface area contributed by atoms with E-state index in [9.17, 15) is 18.4 Å². The van der Waals surface area contributed by atoms with Crippen molar-refractivity contribution >= 4 is 11.8 Å². The summed E-state index contributed by atoms with van der Waals surface area (Å²) in [5, 5.41) is 8.61. The molecule has 0 unspecified atom stereocenters. The molecule has 0 spiro atoms. The first-order valence-corrected chi connectivity index (χ1v) is 8.55. The molecule has 0 radical (unpaired) electrons. The number of ether oxygens (including phenoxy) is 1. The van der Waals surface area contributed by atoms with Crippen LogP contribution in [0.25, 0.3) is 11.4 Å². The van der Waals surface area contributed by atoms with E-state index in [2.05, 4.69) is 20.8 Å². The van der Waals surface area contributed by atoms with Crippen molar-refractivity contribution < 1.29 is 27.6 Å². The molecule has 2 amide bonds. The van der Waals surface area contributed by atoms with Crippen LogP contribution in [0.4, 0.5) is 8.78 Å². The SMILES string of the molecule is O=C(COc1ccc(F)cc1)NCCNC(=O)c1nc(-c2ccccc2F)no1. The molecule has 0 fully saturated rings. The van der Waals surface area contributed by atoms with E-state index in [1.807, 2.05) is 0 Å². The standard InChI is InChI=1S/C19H16F2N4O4/c20-12-5-7-13(8-6-12)28-11-16(26)22-9-10-23-18(27)19-24-17(25-29-19)14-3-1-2-4-15(14)21/h1-8H,9-11H2,(H,22,26)(H,23,27). The molecule has 0 bridgehead atoms. The highest BCUT2D eigenvalue weighted by molar-refractivity contribution is 5.89. The Kier molecular flexibility index (Phi) is 6.46. The van der Waals surface area contributed by atoms with Gasteiger partial charge in [-0.2, -0.15) is 4.98 Å². The number of carbonyl (C=O) groups excluding carboxylic acids is 2. The van der Waals surface area contributed by atoms with Crippen LogP contribution in [0.15, 0.2) is 53.1 Å². The average Bonchev–Trinajstić information content (AvgIpc) is 3.21. The molecule has 0 atom stereocenters. The van der Waals surface area contributed by atoms with Gasteiger partial charge in [0.05, 0.1) is 5.56 Å². The van der Waals surface area contributed by atoms with E-state index >= 15 is 0 Å². The maximum atomic E-state index is 13.7. The molecule has 1 heterocycles. The number of hydrogen-bond acceptors (Lipinski definition) is 6. The predicted molar refractivity (Wildman–Crippen MR) is 96.9 cm³/mol. The van der Waals surface area contributed by atoms with E-state index in [4.69, 9.17) is 9.26 Å². The van der Waals surface area contributed by atoms with Gasteiger partial charge in [0.25, 0.3) is 5.91 Å². The average molecular weight is 402 g/mol. The number of halogens is 2. The van der Waals surface area contributed by atoms with Gasteiger partial charge in [-0.25, -0.2) is 8.78 Å². The third-order valence-corrected chi connectivity index (χ3v) is 3.65. The summed E-state index contributed by atoms with van der Waals surface area (Å²) < 4.78 is 36.5. The molecule has 2 N–H and O–H groups in total. The van der Waals surface area contributed by atoms with Gasteiger partial charge in [-0.05, 0) is 36.4 Å².